The van der Waals surface area contributed by atoms with E-state index >= 15 is 0 Å². The Morgan fingerprint density at radius 1 is 1.14 bits per heavy atom. The van der Waals surface area contributed by atoms with Crippen LogP contribution < -0.4 is 4.74 Å². The van der Waals surface area contributed by atoms with E-state index in [4.69, 9.17) is 4.74 Å². The molecular formula is C19H22N2O. The van der Waals surface area contributed by atoms with Crippen molar-refractivity contribution in [3.63, 3.8) is 0 Å². The van der Waals surface area contributed by atoms with E-state index in [0.717, 1.165) is 11.3 Å². The predicted molar refractivity (Wildman–Crippen MR) is 89.3 cm³/mol. The molecule has 0 bridgehead atoms. The van der Waals surface area contributed by atoms with E-state index in [9.17, 15) is 0 Å². The number of aromatic nitrogens is 2. The Labute approximate surface area is 131 Å². The molecule has 1 aliphatic heterocycles. The summed E-state index contributed by atoms with van der Waals surface area (Å²) < 4.78 is 8.43. The van der Waals surface area contributed by atoms with Gasteiger partial charge in [-0.2, -0.15) is 5.10 Å². The summed E-state index contributed by atoms with van der Waals surface area (Å²) in [6.45, 7) is 8.88. The molecule has 2 unspecified atom stereocenters. The molecule has 0 saturated heterocycles. The van der Waals surface area contributed by atoms with Crippen LogP contribution in [0.5, 0.6) is 5.75 Å². The minimum absolute atomic E-state index is 0.0444. The van der Waals surface area contributed by atoms with Crippen LogP contribution >= 0.6 is 0 Å². The van der Waals surface area contributed by atoms with E-state index in [1.807, 2.05) is 6.20 Å². The number of ether oxygens (including phenoxy) is 1. The number of fused-ring (bicyclic) bond motifs is 2. The van der Waals surface area contributed by atoms with Gasteiger partial charge in [0.2, 0.25) is 0 Å². The molecule has 1 aliphatic carbocycles. The molecule has 0 spiro atoms. The molecule has 0 N–H and O–H groups in total. The molecule has 1 aromatic carbocycles. The second kappa shape index (κ2) is 4.73. The maximum absolute atomic E-state index is 6.29. The smallest absolute Gasteiger partial charge is 0.146 e. The third-order valence-corrected chi connectivity index (χ3v) is 4.77. The van der Waals surface area contributed by atoms with Gasteiger partial charge in [-0.25, -0.2) is 0 Å². The lowest BCUT2D eigenvalue weighted by atomic mass is 9.92. The van der Waals surface area contributed by atoms with E-state index in [1.54, 1.807) is 0 Å². The van der Waals surface area contributed by atoms with Gasteiger partial charge in [-0.15, -0.1) is 0 Å². The zero-order valence-corrected chi connectivity index (χ0v) is 13.6. The first-order chi connectivity index (χ1) is 10.6. The van der Waals surface area contributed by atoms with Gasteiger partial charge in [0, 0.05) is 5.39 Å². The number of nitrogens with zero attached hydrogens (tertiary/aromatic N) is 2. The van der Waals surface area contributed by atoms with Gasteiger partial charge < -0.3 is 4.74 Å². The maximum atomic E-state index is 6.29. The number of hydrogen-bond acceptors (Lipinski definition) is 2. The van der Waals surface area contributed by atoms with Crippen molar-refractivity contribution in [1.82, 2.24) is 9.78 Å². The third kappa shape index (κ3) is 1.84. The molecule has 114 valence electrons. The Kier molecular flexibility index (Phi) is 2.93. The van der Waals surface area contributed by atoms with Gasteiger partial charge in [-0.1, -0.05) is 45.9 Å². The predicted octanol–water partition coefficient (Wildman–Crippen LogP) is 4.61. The Balaban J connectivity index is 1.86. The van der Waals surface area contributed by atoms with Crippen molar-refractivity contribution in [2.45, 2.75) is 45.8 Å². The standard InChI is InChI=1S/C19H22N2O/c1-11(2)13-5-7-16-18(9-13)22-17-8-6-14(12(3)4)15-10-20-21(16)19(15)17/h5-12,16,18H,1-4H3. The average Bonchev–Trinajstić information content (AvgIpc) is 2.93. The second-order valence-corrected chi connectivity index (χ2v) is 6.91. The molecule has 2 heterocycles. The van der Waals surface area contributed by atoms with Crippen molar-refractivity contribution < 1.29 is 4.74 Å². The lowest BCUT2D eigenvalue weighted by Gasteiger charge is -2.33. The Hall–Kier alpha value is -2.03. The lowest BCUT2D eigenvalue weighted by Crippen LogP contribution is -2.33. The molecule has 3 heteroatoms. The van der Waals surface area contributed by atoms with Crippen LogP contribution in [0.3, 0.4) is 0 Å². The number of allylic oxidation sites excluding steroid dienone is 2. The summed E-state index contributed by atoms with van der Waals surface area (Å²) >= 11 is 0. The summed E-state index contributed by atoms with van der Waals surface area (Å²) in [6.07, 6.45) is 8.75. The zero-order valence-electron chi connectivity index (χ0n) is 13.6. The first kappa shape index (κ1) is 13.6. The molecule has 0 saturated carbocycles. The molecule has 4 rings (SSSR count). The van der Waals surface area contributed by atoms with Crippen molar-refractivity contribution in [2.24, 2.45) is 5.92 Å². The zero-order chi connectivity index (χ0) is 15.4. The molecule has 2 aliphatic rings. The highest BCUT2D eigenvalue weighted by Crippen LogP contribution is 2.41. The van der Waals surface area contributed by atoms with Crippen molar-refractivity contribution in [2.75, 3.05) is 0 Å². The monoisotopic (exact) mass is 294 g/mol. The van der Waals surface area contributed by atoms with Gasteiger partial charge in [-0.3, -0.25) is 4.68 Å². The minimum Gasteiger partial charge on any atom is -0.481 e. The van der Waals surface area contributed by atoms with Crippen LogP contribution in [0, 0.1) is 5.92 Å². The normalized spacial score (nSPS) is 22.9. The highest BCUT2D eigenvalue weighted by molar-refractivity contribution is 5.89. The summed E-state index contributed by atoms with van der Waals surface area (Å²) in [5.41, 5.74) is 3.82. The van der Waals surface area contributed by atoms with E-state index in [0.29, 0.717) is 11.8 Å². The van der Waals surface area contributed by atoms with Gasteiger partial charge >= 0.3 is 0 Å². The highest BCUT2D eigenvalue weighted by atomic mass is 16.5. The fraction of sp³-hybridized carbons (Fsp3) is 0.421. The number of rotatable bonds is 2. The largest absolute Gasteiger partial charge is 0.481 e. The summed E-state index contributed by atoms with van der Waals surface area (Å²) in [4.78, 5) is 0. The first-order valence-corrected chi connectivity index (χ1v) is 8.13. The van der Waals surface area contributed by atoms with Gasteiger partial charge in [0.1, 0.15) is 23.4 Å². The van der Waals surface area contributed by atoms with Gasteiger partial charge in [-0.05, 0) is 35.1 Å². The van der Waals surface area contributed by atoms with Crippen LogP contribution in [0.1, 0.15) is 45.2 Å². The fourth-order valence-corrected chi connectivity index (χ4v) is 3.50. The first-order valence-electron chi connectivity index (χ1n) is 8.13. The summed E-state index contributed by atoms with van der Waals surface area (Å²) in [5, 5.41) is 5.90. The fourth-order valence-electron chi connectivity index (χ4n) is 3.50. The van der Waals surface area contributed by atoms with Crippen molar-refractivity contribution >= 4 is 10.9 Å². The Morgan fingerprint density at radius 2 is 1.95 bits per heavy atom. The second-order valence-electron chi connectivity index (χ2n) is 6.91. The topological polar surface area (TPSA) is 27.1 Å². The van der Waals surface area contributed by atoms with Crippen LogP contribution in [-0.4, -0.2) is 15.9 Å². The summed E-state index contributed by atoms with van der Waals surface area (Å²) in [7, 11) is 0. The van der Waals surface area contributed by atoms with Crippen LogP contribution in [0.25, 0.3) is 10.9 Å². The van der Waals surface area contributed by atoms with Crippen molar-refractivity contribution in [3.05, 3.63) is 47.7 Å². The highest BCUT2D eigenvalue weighted by Gasteiger charge is 2.32. The molecule has 2 aromatic rings. The van der Waals surface area contributed by atoms with Gasteiger partial charge in [0.25, 0.3) is 0 Å². The van der Waals surface area contributed by atoms with Crippen molar-refractivity contribution in [3.8, 4) is 5.75 Å². The van der Waals surface area contributed by atoms with E-state index in [2.05, 4.69) is 67.8 Å². The van der Waals surface area contributed by atoms with Gasteiger partial charge in [0.15, 0.2) is 0 Å². The van der Waals surface area contributed by atoms with Gasteiger partial charge in [0.05, 0.1) is 6.20 Å². The molecule has 2 atom stereocenters. The molecule has 1 aromatic heterocycles. The Morgan fingerprint density at radius 3 is 2.68 bits per heavy atom. The molecule has 3 nitrogen and oxygen atoms in total. The SMILES string of the molecule is CC(C)C1=CC2Oc3ccc(C(C)C)c4cnn(c34)C2C=C1. The minimum atomic E-state index is 0.0444. The molecule has 0 radical (unpaired) electrons. The summed E-state index contributed by atoms with van der Waals surface area (Å²) in [5.74, 6) is 1.95. The molecule has 0 fully saturated rings. The third-order valence-electron chi connectivity index (χ3n) is 4.77. The molecule has 0 amide bonds. The summed E-state index contributed by atoms with van der Waals surface area (Å²) in [6, 6.07) is 4.45. The molecule has 22 heavy (non-hydrogen) atoms. The van der Waals surface area contributed by atoms with Crippen LogP contribution in [-0.2, 0) is 0 Å². The van der Waals surface area contributed by atoms with Crippen molar-refractivity contribution in [1.29, 1.82) is 0 Å². The number of benzene rings is 1. The lowest BCUT2D eigenvalue weighted by molar-refractivity contribution is 0.182. The molecular weight excluding hydrogens is 272 g/mol. The Bertz CT molecular complexity index is 795. The number of hydrogen-bond donors (Lipinski definition) is 0. The van der Waals surface area contributed by atoms with Crippen LogP contribution in [0.15, 0.2) is 42.1 Å². The van der Waals surface area contributed by atoms with Crippen LogP contribution in [0.4, 0.5) is 0 Å². The van der Waals surface area contributed by atoms with E-state index in [-0.39, 0.29) is 12.1 Å². The van der Waals surface area contributed by atoms with Crippen LogP contribution in [0.2, 0.25) is 0 Å². The van der Waals surface area contributed by atoms with E-state index < -0.39 is 0 Å². The average molecular weight is 294 g/mol. The van der Waals surface area contributed by atoms with E-state index in [1.165, 1.54) is 16.5 Å². The quantitative estimate of drug-likeness (QED) is 0.808. The maximum Gasteiger partial charge on any atom is 0.146 e.